The number of aryl methyl sites for hydroxylation is 1. The van der Waals surface area contributed by atoms with Crippen molar-refractivity contribution in [1.29, 1.82) is 0 Å². The topological polar surface area (TPSA) is 29.1 Å². The zero-order chi connectivity index (χ0) is 12.3. The van der Waals surface area contributed by atoms with Gasteiger partial charge in [-0.15, -0.1) is 0 Å². The van der Waals surface area contributed by atoms with E-state index in [1.807, 2.05) is 12.1 Å². The summed E-state index contributed by atoms with van der Waals surface area (Å²) in [5.41, 5.74) is 1.97. The predicted molar refractivity (Wildman–Crippen MR) is 70.4 cm³/mol. The summed E-state index contributed by atoms with van der Waals surface area (Å²) in [5, 5.41) is 3.27. The van der Waals surface area contributed by atoms with E-state index in [1.165, 1.54) is 5.56 Å². The summed E-state index contributed by atoms with van der Waals surface area (Å²) in [6.45, 7) is 6.00. The fraction of sp³-hybridized carbons (Fsp3) is 0.533. The van der Waals surface area contributed by atoms with E-state index in [2.05, 4.69) is 31.3 Å². The maximum atomic E-state index is 12.4. The van der Waals surface area contributed by atoms with Crippen LogP contribution >= 0.6 is 0 Å². The van der Waals surface area contributed by atoms with Crippen LogP contribution in [0.25, 0.3) is 0 Å². The van der Waals surface area contributed by atoms with Gasteiger partial charge in [0.15, 0.2) is 5.78 Å². The lowest BCUT2D eigenvalue weighted by atomic mass is 9.81. The zero-order valence-corrected chi connectivity index (χ0v) is 10.8. The molecule has 17 heavy (non-hydrogen) atoms. The van der Waals surface area contributed by atoms with Gasteiger partial charge in [-0.25, -0.2) is 0 Å². The number of carbonyl (C=O) groups is 1. The standard InChI is InChI=1S/C15H21NO/c1-3-4-12-5-7-13(8-6-12)14(17)15(2)9-10-16-11-15/h5-8,16H,3-4,9-11H2,1-2H3. The van der Waals surface area contributed by atoms with Crippen LogP contribution in [-0.2, 0) is 6.42 Å². The minimum Gasteiger partial charge on any atom is -0.316 e. The first-order valence-electron chi connectivity index (χ1n) is 6.50. The SMILES string of the molecule is CCCc1ccc(C(=O)C2(C)CCNC2)cc1. The van der Waals surface area contributed by atoms with Gasteiger partial charge in [-0.2, -0.15) is 0 Å². The Morgan fingerprint density at radius 2 is 2.06 bits per heavy atom. The molecule has 1 fully saturated rings. The van der Waals surface area contributed by atoms with Crippen LogP contribution in [0.15, 0.2) is 24.3 Å². The van der Waals surface area contributed by atoms with Crippen LogP contribution in [0.1, 0.15) is 42.6 Å². The molecule has 2 heteroatoms. The fourth-order valence-electron chi connectivity index (χ4n) is 2.47. The summed E-state index contributed by atoms with van der Waals surface area (Å²) in [6, 6.07) is 8.14. The molecule has 0 bridgehead atoms. The van der Waals surface area contributed by atoms with Crippen molar-refractivity contribution >= 4 is 5.78 Å². The van der Waals surface area contributed by atoms with Gasteiger partial charge >= 0.3 is 0 Å². The van der Waals surface area contributed by atoms with E-state index in [0.29, 0.717) is 0 Å². The number of Topliss-reactive ketones (excluding diaryl/α,β-unsaturated/α-hetero) is 1. The normalized spacial score (nSPS) is 23.9. The second-order valence-corrected chi connectivity index (χ2v) is 5.26. The summed E-state index contributed by atoms with van der Waals surface area (Å²) in [4.78, 5) is 12.4. The summed E-state index contributed by atoms with van der Waals surface area (Å²) in [6.07, 6.45) is 3.19. The number of carbonyl (C=O) groups excluding carboxylic acids is 1. The number of ketones is 1. The number of rotatable bonds is 4. The molecule has 0 aromatic heterocycles. The van der Waals surface area contributed by atoms with E-state index in [-0.39, 0.29) is 11.2 Å². The van der Waals surface area contributed by atoms with E-state index < -0.39 is 0 Å². The lowest BCUT2D eigenvalue weighted by molar-refractivity contribution is 0.0839. The zero-order valence-electron chi connectivity index (χ0n) is 10.8. The van der Waals surface area contributed by atoms with Crippen LogP contribution in [0.4, 0.5) is 0 Å². The van der Waals surface area contributed by atoms with E-state index in [9.17, 15) is 4.79 Å². The third-order valence-electron chi connectivity index (χ3n) is 3.67. The Morgan fingerprint density at radius 3 is 2.59 bits per heavy atom. The van der Waals surface area contributed by atoms with E-state index in [4.69, 9.17) is 0 Å². The monoisotopic (exact) mass is 231 g/mol. The van der Waals surface area contributed by atoms with Crippen molar-refractivity contribution in [3.05, 3.63) is 35.4 Å². The maximum Gasteiger partial charge on any atom is 0.170 e. The smallest absolute Gasteiger partial charge is 0.170 e. The molecule has 1 aliphatic rings. The Bertz CT molecular complexity index is 388. The highest BCUT2D eigenvalue weighted by Crippen LogP contribution is 2.29. The molecule has 1 saturated heterocycles. The van der Waals surface area contributed by atoms with Gasteiger partial charge in [-0.3, -0.25) is 4.79 Å². The molecule has 0 radical (unpaired) electrons. The molecule has 0 amide bonds. The third-order valence-corrected chi connectivity index (χ3v) is 3.67. The molecule has 1 aromatic carbocycles. The van der Waals surface area contributed by atoms with Gasteiger partial charge in [0.05, 0.1) is 0 Å². The molecular weight excluding hydrogens is 210 g/mol. The fourth-order valence-corrected chi connectivity index (χ4v) is 2.47. The highest BCUT2D eigenvalue weighted by atomic mass is 16.1. The Labute approximate surface area is 103 Å². The molecular formula is C15H21NO. The molecule has 1 atom stereocenters. The summed E-state index contributed by atoms with van der Waals surface area (Å²) in [7, 11) is 0. The van der Waals surface area contributed by atoms with Gasteiger partial charge in [-0.05, 0) is 24.9 Å². The molecule has 1 unspecified atom stereocenters. The maximum absolute atomic E-state index is 12.4. The highest BCUT2D eigenvalue weighted by Gasteiger charge is 2.36. The van der Waals surface area contributed by atoms with E-state index in [0.717, 1.165) is 37.9 Å². The third kappa shape index (κ3) is 2.58. The van der Waals surface area contributed by atoms with Crippen LogP contribution in [0, 0.1) is 5.41 Å². The van der Waals surface area contributed by atoms with Crippen LogP contribution in [0.3, 0.4) is 0 Å². The van der Waals surface area contributed by atoms with Gasteiger partial charge in [0.25, 0.3) is 0 Å². The van der Waals surface area contributed by atoms with Crippen molar-refractivity contribution in [2.75, 3.05) is 13.1 Å². The van der Waals surface area contributed by atoms with Gasteiger partial charge in [-0.1, -0.05) is 44.5 Å². The molecule has 2 nitrogen and oxygen atoms in total. The summed E-state index contributed by atoms with van der Waals surface area (Å²) in [5.74, 6) is 0.283. The molecule has 1 heterocycles. The Kier molecular flexibility index (Phi) is 3.63. The minimum atomic E-state index is -0.202. The number of nitrogens with one attached hydrogen (secondary N) is 1. The minimum absolute atomic E-state index is 0.202. The first kappa shape index (κ1) is 12.3. The van der Waals surface area contributed by atoms with Crippen molar-refractivity contribution in [3.63, 3.8) is 0 Å². The van der Waals surface area contributed by atoms with Crippen LogP contribution < -0.4 is 5.32 Å². The Balaban J connectivity index is 2.14. The largest absolute Gasteiger partial charge is 0.316 e. The Hall–Kier alpha value is -1.15. The van der Waals surface area contributed by atoms with Gasteiger partial charge in [0, 0.05) is 17.5 Å². The van der Waals surface area contributed by atoms with Crippen molar-refractivity contribution in [3.8, 4) is 0 Å². The van der Waals surface area contributed by atoms with E-state index in [1.54, 1.807) is 0 Å². The van der Waals surface area contributed by atoms with Gasteiger partial charge in [0.2, 0.25) is 0 Å². The second-order valence-electron chi connectivity index (χ2n) is 5.26. The van der Waals surface area contributed by atoms with Crippen LogP contribution in [0.5, 0.6) is 0 Å². The first-order valence-corrected chi connectivity index (χ1v) is 6.50. The van der Waals surface area contributed by atoms with Crippen molar-refractivity contribution in [1.82, 2.24) is 5.32 Å². The molecule has 2 rings (SSSR count). The van der Waals surface area contributed by atoms with Gasteiger partial charge < -0.3 is 5.32 Å². The molecule has 92 valence electrons. The van der Waals surface area contributed by atoms with Crippen molar-refractivity contribution in [2.24, 2.45) is 5.41 Å². The molecule has 1 N–H and O–H groups in total. The number of hydrogen-bond donors (Lipinski definition) is 1. The second kappa shape index (κ2) is 5.01. The quantitative estimate of drug-likeness (QED) is 0.807. The average molecular weight is 231 g/mol. The molecule has 1 aliphatic heterocycles. The number of benzene rings is 1. The predicted octanol–water partition coefficient (Wildman–Crippen LogP) is 2.82. The summed E-state index contributed by atoms with van der Waals surface area (Å²) >= 11 is 0. The van der Waals surface area contributed by atoms with Crippen molar-refractivity contribution in [2.45, 2.75) is 33.1 Å². The average Bonchev–Trinajstić information content (AvgIpc) is 2.78. The van der Waals surface area contributed by atoms with Gasteiger partial charge in [0.1, 0.15) is 0 Å². The Morgan fingerprint density at radius 1 is 1.35 bits per heavy atom. The molecule has 0 aliphatic carbocycles. The van der Waals surface area contributed by atoms with E-state index >= 15 is 0 Å². The molecule has 0 spiro atoms. The van der Waals surface area contributed by atoms with Crippen LogP contribution in [0.2, 0.25) is 0 Å². The number of hydrogen-bond acceptors (Lipinski definition) is 2. The van der Waals surface area contributed by atoms with Crippen LogP contribution in [-0.4, -0.2) is 18.9 Å². The first-order chi connectivity index (χ1) is 8.15. The van der Waals surface area contributed by atoms with Crippen molar-refractivity contribution < 1.29 is 4.79 Å². The lowest BCUT2D eigenvalue weighted by Gasteiger charge is -2.20. The lowest BCUT2D eigenvalue weighted by Crippen LogP contribution is -2.30. The highest BCUT2D eigenvalue weighted by molar-refractivity contribution is 6.00. The summed E-state index contributed by atoms with van der Waals surface area (Å²) < 4.78 is 0. The molecule has 1 aromatic rings. The molecule has 0 saturated carbocycles.